The van der Waals surface area contributed by atoms with Crippen LogP contribution in [0.1, 0.15) is 39.0 Å². The fourth-order valence-corrected chi connectivity index (χ4v) is 3.92. The molecule has 0 aliphatic rings. The van der Waals surface area contributed by atoms with Crippen molar-refractivity contribution in [2.45, 2.75) is 45.1 Å². The van der Waals surface area contributed by atoms with Gasteiger partial charge in [0.05, 0.1) is 0 Å². The second-order valence-electron chi connectivity index (χ2n) is 5.48. The van der Waals surface area contributed by atoms with Gasteiger partial charge in [0.2, 0.25) is 5.91 Å². The highest BCUT2D eigenvalue weighted by atomic mass is 28.4. The molecule has 0 unspecified atom stereocenters. The van der Waals surface area contributed by atoms with Gasteiger partial charge in [-0.2, -0.15) is 0 Å². The number of hydrogen-bond donors (Lipinski definition) is 3. The van der Waals surface area contributed by atoms with Crippen molar-refractivity contribution in [2.24, 2.45) is 0 Å². The quantitative estimate of drug-likeness (QED) is 0.319. The number of nitrogens with one attached hydrogen (secondary N) is 3. The standard InChI is InChI=1S/C15H33N3O5Si/c1-14(19)16-10-7-5-6-8-11-17-15(20)18-12-9-13-24(21-2,22-3)23-4/h5-13H2,1-4H3,(H,16,19)(H2,17,18,20). The highest BCUT2D eigenvalue weighted by molar-refractivity contribution is 6.60. The number of hydrogen-bond acceptors (Lipinski definition) is 5. The maximum atomic E-state index is 11.6. The first kappa shape index (κ1) is 22.8. The van der Waals surface area contributed by atoms with Crippen molar-refractivity contribution in [3.05, 3.63) is 0 Å². The van der Waals surface area contributed by atoms with Gasteiger partial charge in [0, 0.05) is 53.9 Å². The van der Waals surface area contributed by atoms with E-state index in [2.05, 4.69) is 16.0 Å². The lowest BCUT2D eigenvalue weighted by Gasteiger charge is -2.24. The van der Waals surface area contributed by atoms with Crippen LogP contribution in [0.25, 0.3) is 0 Å². The lowest BCUT2D eigenvalue weighted by molar-refractivity contribution is -0.118. The van der Waals surface area contributed by atoms with Gasteiger partial charge in [0.25, 0.3) is 0 Å². The van der Waals surface area contributed by atoms with Crippen molar-refractivity contribution in [2.75, 3.05) is 41.0 Å². The Morgan fingerprint density at radius 2 is 1.21 bits per heavy atom. The van der Waals surface area contributed by atoms with Crippen LogP contribution in [0.3, 0.4) is 0 Å². The van der Waals surface area contributed by atoms with E-state index >= 15 is 0 Å². The Labute approximate surface area is 146 Å². The third-order valence-corrected chi connectivity index (χ3v) is 6.47. The molecular formula is C15H33N3O5Si. The number of unbranched alkanes of at least 4 members (excludes halogenated alkanes) is 3. The molecule has 0 aromatic carbocycles. The van der Waals surface area contributed by atoms with Crippen LogP contribution in [-0.4, -0.2) is 61.7 Å². The van der Waals surface area contributed by atoms with E-state index in [0.29, 0.717) is 19.1 Å². The minimum Gasteiger partial charge on any atom is -0.377 e. The van der Waals surface area contributed by atoms with Crippen molar-refractivity contribution >= 4 is 20.7 Å². The molecule has 0 atom stereocenters. The summed E-state index contributed by atoms with van der Waals surface area (Å²) in [4.78, 5) is 22.3. The summed E-state index contributed by atoms with van der Waals surface area (Å²) in [5.74, 6) is 0.00902. The Morgan fingerprint density at radius 1 is 0.750 bits per heavy atom. The predicted octanol–water partition coefficient (Wildman–Crippen LogP) is 1.25. The second-order valence-corrected chi connectivity index (χ2v) is 8.57. The maximum Gasteiger partial charge on any atom is 0.500 e. The highest BCUT2D eigenvalue weighted by Gasteiger charge is 2.36. The summed E-state index contributed by atoms with van der Waals surface area (Å²) in [6, 6.07) is 0.498. The van der Waals surface area contributed by atoms with Gasteiger partial charge in [0.1, 0.15) is 0 Å². The molecule has 3 N–H and O–H groups in total. The zero-order valence-electron chi connectivity index (χ0n) is 15.4. The Bertz CT molecular complexity index is 346. The van der Waals surface area contributed by atoms with Gasteiger partial charge < -0.3 is 29.2 Å². The van der Waals surface area contributed by atoms with Gasteiger partial charge in [0.15, 0.2) is 0 Å². The van der Waals surface area contributed by atoms with Gasteiger partial charge in [-0.05, 0) is 19.3 Å². The molecule has 0 aliphatic carbocycles. The monoisotopic (exact) mass is 363 g/mol. The third-order valence-electron chi connectivity index (χ3n) is 3.64. The first-order chi connectivity index (χ1) is 11.5. The predicted molar refractivity (Wildman–Crippen MR) is 94.8 cm³/mol. The van der Waals surface area contributed by atoms with Crippen LogP contribution >= 0.6 is 0 Å². The molecule has 0 aromatic rings. The maximum absolute atomic E-state index is 11.6. The van der Waals surface area contributed by atoms with E-state index < -0.39 is 8.80 Å². The molecule has 0 aliphatic heterocycles. The van der Waals surface area contributed by atoms with Crippen LogP contribution in [0.2, 0.25) is 6.04 Å². The van der Waals surface area contributed by atoms with E-state index in [4.69, 9.17) is 13.3 Å². The molecule has 0 fully saturated rings. The van der Waals surface area contributed by atoms with Crippen molar-refractivity contribution in [1.82, 2.24) is 16.0 Å². The van der Waals surface area contributed by atoms with Crippen LogP contribution in [0.5, 0.6) is 0 Å². The van der Waals surface area contributed by atoms with Gasteiger partial charge >= 0.3 is 14.8 Å². The number of carbonyl (C=O) groups excluding carboxylic acids is 2. The number of carbonyl (C=O) groups is 2. The van der Waals surface area contributed by atoms with Crippen LogP contribution in [0.15, 0.2) is 0 Å². The zero-order chi connectivity index (χ0) is 18.3. The Balaban J connectivity index is 3.52. The third kappa shape index (κ3) is 11.4. The van der Waals surface area contributed by atoms with Crippen molar-refractivity contribution in [3.63, 3.8) is 0 Å². The molecule has 0 saturated heterocycles. The molecule has 0 radical (unpaired) electrons. The summed E-state index contributed by atoms with van der Waals surface area (Å²) >= 11 is 0. The van der Waals surface area contributed by atoms with Crippen LogP contribution in [-0.2, 0) is 18.1 Å². The van der Waals surface area contributed by atoms with Gasteiger partial charge in [-0.3, -0.25) is 4.79 Å². The Hall–Kier alpha value is -1.16. The molecule has 24 heavy (non-hydrogen) atoms. The second kappa shape index (κ2) is 14.2. The average Bonchev–Trinajstić information content (AvgIpc) is 2.58. The molecule has 8 nitrogen and oxygen atoms in total. The van der Waals surface area contributed by atoms with E-state index in [1.165, 1.54) is 6.92 Å². The highest BCUT2D eigenvalue weighted by Crippen LogP contribution is 2.14. The fourth-order valence-electron chi connectivity index (χ4n) is 2.20. The summed E-state index contributed by atoms with van der Waals surface area (Å²) in [7, 11) is 2.19. The van der Waals surface area contributed by atoms with Crippen LogP contribution < -0.4 is 16.0 Å². The van der Waals surface area contributed by atoms with Crippen molar-refractivity contribution in [3.8, 4) is 0 Å². The Kier molecular flexibility index (Phi) is 13.5. The zero-order valence-corrected chi connectivity index (χ0v) is 16.4. The first-order valence-corrected chi connectivity index (χ1v) is 10.3. The van der Waals surface area contributed by atoms with E-state index in [1.807, 2.05) is 0 Å². The van der Waals surface area contributed by atoms with Gasteiger partial charge in [-0.15, -0.1) is 0 Å². The topological polar surface area (TPSA) is 97.9 Å². The lowest BCUT2D eigenvalue weighted by atomic mass is 10.2. The average molecular weight is 364 g/mol. The van der Waals surface area contributed by atoms with E-state index in [0.717, 1.165) is 38.6 Å². The van der Waals surface area contributed by atoms with Gasteiger partial charge in [-0.25, -0.2) is 4.79 Å². The molecular weight excluding hydrogens is 330 g/mol. The molecule has 3 amide bonds. The summed E-state index contributed by atoms with van der Waals surface area (Å²) in [5, 5.41) is 8.40. The normalized spacial score (nSPS) is 11.2. The molecule has 0 saturated carbocycles. The number of rotatable bonds is 14. The minimum absolute atomic E-state index is 0.00902. The summed E-state index contributed by atoms with van der Waals surface area (Å²) in [6.45, 7) is 3.44. The van der Waals surface area contributed by atoms with Gasteiger partial charge in [-0.1, -0.05) is 12.8 Å². The SMILES string of the molecule is CO[Si](CCCNC(=O)NCCCCCCNC(C)=O)(OC)OC. The van der Waals surface area contributed by atoms with Crippen LogP contribution in [0.4, 0.5) is 4.79 Å². The van der Waals surface area contributed by atoms with Crippen LogP contribution in [0, 0.1) is 0 Å². The summed E-state index contributed by atoms with van der Waals surface area (Å²) in [5.41, 5.74) is 0. The van der Waals surface area contributed by atoms with E-state index in [9.17, 15) is 9.59 Å². The summed E-state index contributed by atoms with van der Waals surface area (Å²) in [6.07, 6.45) is 4.71. The molecule has 0 bridgehead atoms. The first-order valence-electron chi connectivity index (χ1n) is 8.41. The van der Waals surface area contributed by atoms with E-state index in [1.54, 1.807) is 21.3 Å². The minimum atomic E-state index is -2.54. The molecule has 9 heteroatoms. The number of urea groups is 1. The largest absolute Gasteiger partial charge is 0.500 e. The summed E-state index contributed by atoms with van der Waals surface area (Å²) < 4.78 is 16.0. The lowest BCUT2D eigenvalue weighted by Crippen LogP contribution is -2.43. The van der Waals surface area contributed by atoms with E-state index in [-0.39, 0.29) is 11.9 Å². The molecule has 0 aromatic heterocycles. The number of amides is 3. The smallest absolute Gasteiger partial charge is 0.377 e. The molecule has 0 heterocycles. The van der Waals surface area contributed by atoms with Crippen molar-refractivity contribution < 1.29 is 22.9 Å². The molecule has 142 valence electrons. The fraction of sp³-hybridized carbons (Fsp3) is 0.867. The molecule has 0 rings (SSSR count). The van der Waals surface area contributed by atoms with Crippen molar-refractivity contribution in [1.29, 1.82) is 0 Å². The Morgan fingerprint density at radius 3 is 1.67 bits per heavy atom. The molecule has 0 spiro atoms.